The second kappa shape index (κ2) is 4.33. The SMILES string of the molecule is CCNCC1(CCC(C)(C)C)CC2CC2C1. The predicted molar refractivity (Wildman–Crippen MR) is 70.5 cm³/mol. The zero-order valence-electron chi connectivity index (χ0n) is 11.6. The van der Waals surface area contributed by atoms with Crippen molar-refractivity contribution in [1.29, 1.82) is 0 Å². The number of rotatable bonds is 5. The van der Waals surface area contributed by atoms with E-state index in [1.54, 1.807) is 6.42 Å². The van der Waals surface area contributed by atoms with E-state index in [2.05, 4.69) is 33.0 Å². The van der Waals surface area contributed by atoms with Gasteiger partial charge in [0, 0.05) is 6.54 Å². The lowest BCUT2D eigenvalue weighted by Gasteiger charge is -2.34. The van der Waals surface area contributed by atoms with Crippen LogP contribution in [0.4, 0.5) is 0 Å². The van der Waals surface area contributed by atoms with Crippen LogP contribution in [0.25, 0.3) is 0 Å². The molecule has 2 unspecified atom stereocenters. The van der Waals surface area contributed by atoms with Crippen molar-refractivity contribution in [2.45, 2.75) is 59.8 Å². The highest BCUT2D eigenvalue weighted by Crippen LogP contribution is 2.61. The van der Waals surface area contributed by atoms with E-state index < -0.39 is 0 Å². The lowest BCUT2D eigenvalue weighted by molar-refractivity contribution is 0.192. The lowest BCUT2D eigenvalue weighted by Crippen LogP contribution is -2.34. The first-order valence-electron chi connectivity index (χ1n) is 7.15. The molecule has 0 aromatic carbocycles. The third-order valence-corrected chi connectivity index (χ3v) is 4.61. The summed E-state index contributed by atoms with van der Waals surface area (Å²) >= 11 is 0. The van der Waals surface area contributed by atoms with Crippen LogP contribution in [0.2, 0.25) is 0 Å². The van der Waals surface area contributed by atoms with Gasteiger partial charge in [0.1, 0.15) is 0 Å². The van der Waals surface area contributed by atoms with Gasteiger partial charge in [0.25, 0.3) is 0 Å². The zero-order chi connectivity index (χ0) is 11.8. The van der Waals surface area contributed by atoms with Crippen LogP contribution < -0.4 is 5.32 Å². The average molecular weight is 223 g/mol. The molecule has 0 aromatic heterocycles. The fourth-order valence-corrected chi connectivity index (χ4v) is 3.47. The largest absolute Gasteiger partial charge is 0.316 e. The maximum atomic E-state index is 3.61. The topological polar surface area (TPSA) is 12.0 Å². The number of nitrogens with one attached hydrogen (secondary N) is 1. The van der Waals surface area contributed by atoms with Gasteiger partial charge in [-0.1, -0.05) is 27.7 Å². The Morgan fingerprint density at radius 3 is 2.31 bits per heavy atom. The summed E-state index contributed by atoms with van der Waals surface area (Å²) in [4.78, 5) is 0. The molecule has 2 rings (SSSR count). The maximum Gasteiger partial charge on any atom is 0.000790 e. The summed E-state index contributed by atoms with van der Waals surface area (Å²) < 4.78 is 0. The van der Waals surface area contributed by atoms with Gasteiger partial charge in [-0.3, -0.25) is 0 Å². The van der Waals surface area contributed by atoms with E-state index in [4.69, 9.17) is 0 Å². The molecule has 0 spiro atoms. The van der Waals surface area contributed by atoms with Gasteiger partial charge < -0.3 is 5.32 Å². The monoisotopic (exact) mass is 223 g/mol. The summed E-state index contributed by atoms with van der Waals surface area (Å²) in [5.41, 5.74) is 1.17. The second-order valence-corrected chi connectivity index (χ2v) is 7.51. The number of hydrogen-bond donors (Lipinski definition) is 1. The molecule has 94 valence electrons. The molecule has 0 bridgehead atoms. The fourth-order valence-electron chi connectivity index (χ4n) is 3.47. The third kappa shape index (κ3) is 3.00. The summed E-state index contributed by atoms with van der Waals surface area (Å²) in [6.07, 6.45) is 7.40. The van der Waals surface area contributed by atoms with Gasteiger partial charge in [-0.05, 0) is 61.3 Å². The molecule has 1 heteroatoms. The summed E-state index contributed by atoms with van der Waals surface area (Å²) in [6, 6.07) is 0. The minimum absolute atomic E-state index is 0.506. The molecule has 2 atom stereocenters. The van der Waals surface area contributed by atoms with Crippen molar-refractivity contribution < 1.29 is 0 Å². The first-order valence-corrected chi connectivity index (χ1v) is 7.15. The van der Waals surface area contributed by atoms with E-state index in [9.17, 15) is 0 Å². The Morgan fingerprint density at radius 2 is 1.81 bits per heavy atom. The van der Waals surface area contributed by atoms with E-state index >= 15 is 0 Å². The molecule has 0 aromatic rings. The molecule has 1 N–H and O–H groups in total. The highest BCUT2D eigenvalue weighted by atomic mass is 14.9. The van der Waals surface area contributed by atoms with E-state index in [1.807, 2.05) is 0 Å². The van der Waals surface area contributed by atoms with E-state index in [1.165, 1.54) is 32.2 Å². The fraction of sp³-hybridized carbons (Fsp3) is 1.00. The lowest BCUT2D eigenvalue weighted by atomic mass is 9.74. The van der Waals surface area contributed by atoms with Crippen molar-refractivity contribution in [2.24, 2.45) is 22.7 Å². The second-order valence-electron chi connectivity index (χ2n) is 7.51. The highest BCUT2D eigenvalue weighted by Gasteiger charge is 2.53. The van der Waals surface area contributed by atoms with Crippen molar-refractivity contribution in [3.8, 4) is 0 Å². The van der Waals surface area contributed by atoms with Crippen LogP contribution in [0.5, 0.6) is 0 Å². The van der Waals surface area contributed by atoms with Crippen LogP contribution in [0.3, 0.4) is 0 Å². The molecule has 2 saturated carbocycles. The van der Waals surface area contributed by atoms with Crippen LogP contribution in [0, 0.1) is 22.7 Å². The molecule has 0 aliphatic heterocycles. The summed E-state index contributed by atoms with van der Waals surface area (Å²) in [5.74, 6) is 2.22. The van der Waals surface area contributed by atoms with Gasteiger partial charge in [0.15, 0.2) is 0 Å². The quantitative estimate of drug-likeness (QED) is 0.747. The van der Waals surface area contributed by atoms with Gasteiger partial charge in [-0.2, -0.15) is 0 Å². The predicted octanol–water partition coefficient (Wildman–Crippen LogP) is 3.84. The minimum atomic E-state index is 0.506. The van der Waals surface area contributed by atoms with Gasteiger partial charge in [0.05, 0.1) is 0 Å². The Kier molecular flexibility index (Phi) is 3.36. The van der Waals surface area contributed by atoms with Crippen LogP contribution in [0.1, 0.15) is 59.8 Å². The molecule has 0 heterocycles. The summed E-state index contributed by atoms with van der Waals surface area (Å²) in [6.45, 7) is 11.8. The van der Waals surface area contributed by atoms with Crippen LogP contribution in [-0.2, 0) is 0 Å². The number of fused-ring (bicyclic) bond motifs is 1. The highest BCUT2D eigenvalue weighted by molar-refractivity contribution is 5.04. The first-order chi connectivity index (χ1) is 7.44. The molecule has 2 aliphatic carbocycles. The van der Waals surface area contributed by atoms with Gasteiger partial charge in [-0.15, -0.1) is 0 Å². The third-order valence-electron chi connectivity index (χ3n) is 4.61. The molecule has 0 radical (unpaired) electrons. The Hall–Kier alpha value is -0.0400. The summed E-state index contributed by atoms with van der Waals surface area (Å²) in [5, 5.41) is 3.61. The molecule has 2 aliphatic rings. The van der Waals surface area contributed by atoms with Crippen molar-refractivity contribution in [1.82, 2.24) is 5.32 Å². The Morgan fingerprint density at radius 1 is 1.19 bits per heavy atom. The molecule has 1 nitrogen and oxygen atoms in total. The first kappa shape index (κ1) is 12.4. The molecule has 16 heavy (non-hydrogen) atoms. The van der Waals surface area contributed by atoms with Crippen LogP contribution in [0.15, 0.2) is 0 Å². The van der Waals surface area contributed by atoms with E-state index in [0.29, 0.717) is 10.8 Å². The minimum Gasteiger partial charge on any atom is -0.316 e. The van der Waals surface area contributed by atoms with Crippen molar-refractivity contribution in [3.63, 3.8) is 0 Å². The zero-order valence-corrected chi connectivity index (χ0v) is 11.6. The van der Waals surface area contributed by atoms with Crippen molar-refractivity contribution in [2.75, 3.05) is 13.1 Å². The van der Waals surface area contributed by atoms with Crippen LogP contribution >= 0.6 is 0 Å². The average Bonchev–Trinajstić information content (AvgIpc) is 2.81. The normalized spacial score (nSPS) is 37.5. The van der Waals surface area contributed by atoms with E-state index in [0.717, 1.165) is 18.4 Å². The molecule has 2 fully saturated rings. The van der Waals surface area contributed by atoms with E-state index in [-0.39, 0.29) is 0 Å². The molecular weight excluding hydrogens is 194 g/mol. The van der Waals surface area contributed by atoms with Crippen molar-refractivity contribution in [3.05, 3.63) is 0 Å². The molecular formula is C15H29N. The summed E-state index contributed by atoms with van der Waals surface area (Å²) in [7, 11) is 0. The Balaban J connectivity index is 1.87. The van der Waals surface area contributed by atoms with Crippen LogP contribution in [-0.4, -0.2) is 13.1 Å². The molecule has 0 saturated heterocycles. The maximum absolute atomic E-state index is 3.61. The molecule has 0 amide bonds. The van der Waals surface area contributed by atoms with Gasteiger partial charge in [0.2, 0.25) is 0 Å². The van der Waals surface area contributed by atoms with Gasteiger partial charge >= 0.3 is 0 Å². The Labute approximate surface area is 101 Å². The Bertz CT molecular complexity index is 228. The number of hydrogen-bond acceptors (Lipinski definition) is 1. The smallest absolute Gasteiger partial charge is 0.000790 e. The van der Waals surface area contributed by atoms with Gasteiger partial charge in [-0.25, -0.2) is 0 Å². The van der Waals surface area contributed by atoms with Crippen molar-refractivity contribution >= 4 is 0 Å². The standard InChI is InChI=1S/C15H29N/c1-5-16-11-15(7-6-14(2,3)4)9-12-8-13(12)10-15/h12-13,16H,5-11H2,1-4H3.